The summed E-state index contributed by atoms with van der Waals surface area (Å²) in [5, 5.41) is 0. The summed E-state index contributed by atoms with van der Waals surface area (Å²) in [5.41, 5.74) is 1.19. The van der Waals surface area contributed by atoms with E-state index in [0.29, 0.717) is 5.91 Å². The molecule has 6 nitrogen and oxygen atoms in total. The lowest BCUT2D eigenvalue weighted by Crippen LogP contribution is -2.51. The van der Waals surface area contributed by atoms with E-state index in [1.165, 1.54) is 5.69 Å². The molecule has 138 valence electrons. The highest BCUT2D eigenvalue weighted by Crippen LogP contribution is 2.23. The molecule has 0 unspecified atom stereocenters. The monoisotopic (exact) mass is 354 g/mol. The Kier molecular flexibility index (Phi) is 5.20. The number of anilines is 1. The molecule has 0 bridgehead atoms. The van der Waals surface area contributed by atoms with E-state index in [1.807, 2.05) is 36.7 Å². The number of nitrogens with zero attached hydrogens (tertiary/aromatic N) is 4. The first kappa shape index (κ1) is 17.1. The van der Waals surface area contributed by atoms with Crippen molar-refractivity contribution in [3.05, 3.63) is 48.7 Å². The van der Waals surface area contributed by atoms with Crippen molar-refractivity contribution in [1.82, 2.24) is 14.8 Å². The summed E-state index contributed by atoms with van der Waals surface area (Å²) in [5.74, 6) is 1.52. The highest BCUT2D eigenvalue weighted by atomic mass is 16.3. The van der Waals surface area contributed by atoms with Crippen LogP contribution in [0.4, 0.5) is 5.69 Å². The maximum Gasteiger partial charge on any atom is 0.225 e. The maximum atomic E-state index is 12.9. The lowest BCUT2D eigenvalue weighted by atomic mass is 9.95. The fraction of sp³-hybridized carbons (Fsp3) is 0.500. The molecule has 0 spiro atoms. The van der Waals surface area contributed by atoms with Gasteiger partial charge in [0.15, 0.2) is 0 Å². The predicted molar refractivity (Wildman–Crippen MR) is 99.7 cm³/mol. The number of amides is 1. The normalized spacial score (nSPS) is 19.7. The molecule has 2 aliphatic rings. The lowest BCUT2D eigenvalue weighted by molar-refractivity contribution is -0.137. The topological polar surface area (TPSA) is 52.8 Å². The summed E-state index contributed by atoms with van der Waals surface area (Å²) in [6, 6.07) is 8.01. The lowest BCUT2D eigenvalue weighted by Gasteiger charge is -2.39. The largest absolute Gasteiger partial charge is 0.468 e. The van der Waals surface area contributed by atoms with Crippen LogP contribution < -0.4 is 4.90 Å². The Morgan fingerprint density at radius 2 is 1.77 bits per heavy atom. The Morgan fingerprint density at radius 1 is 1.04 bits per heavy atom. The smallest absolute Gasteiger partial charge is 0.225 e. The van der Waals surface area contributed by atoms with Gasteiger partial charge in [-0.25, -0.2) is 0 Å². The third-order valence-electron chi connectivity index (χ3n) is 5.52. The van der Waals surface area contributed by atoms with Crippen molar-refractivity contribution in [3.63, 3.8) is 0 Å². The molecular weight excluding hydrogens is 328 g/mol. The molecule has 2 saturated heterocycles. The van der Waals surface area contributed by atoms with Gasteiger partial charge in [-0.05, 0) is 50.2 Å². The van der Waals surface area contributed by atoms with Gasteiger partial charge in [-0.1, -0.05) is 0 Å². The van der Waals surface area contributed by atoms with Crippen LogP contribution in [0.1, 0.15) is 18.6 Å². The molecule has 0 radical (unpaired) electrons. The standard InChI is InChI=1S/C20H26N4O2/c25-20(17-5-9-22(10-6-17)16-19-2-1-15-26-19)24-13-11-23(12-14-24)18-3-7-21-8-4-18/h1-4,7-8,15,17H,5-6,9-14,16H2. The van der Waals surface area contributed by atoms with E-state index < -0.39 is 0 Å². The minimum absolute atomic E-state index is 0.176. The van der Waals surface area contributed by atoms with Crippen LogP contribution in [0.5, 0.6) is 0 Å². The van der Waals surface area contributed by atoms with E-state index in [-0.39, 0.29) is 5.92 Å². The Hall–Kier alpha value is -2.34. The first-order valence-corrected chi connectivity index (χ1v) is 9.48. The summed E-state index contributed by atoms with van der Waals surface area (Å²) in [6.07, 6.45) is 7.26. The van der Waals surface area contributed by atoms with E-state index in [4.69, 9.17) is 4.42 Å². The van der Waals surface area contributed by atoms with E-state index >= 15 is 0 Å². The van der Waals surface area contributed by atoms with Crippen LogP contribution >= 0.6 is 0 Å². The quantitative estimate of drug-likeness (QED) is 0.843. The second-order valence-electron chi connectivity index (χ2n) is 7.15. The molecule has 2 fully saturated rings. The van der Waals surface area contributed by atoms with Crippen LogP contribution in [0.2, 0.25) is 0 Å². The van der Waals surface area contributed by atoms with E-state index in [1.54, 1.807) is 6.26 Å². The van der Waals surface area contributed by atoms with Gasteiger partial charge in [-0.15, -0.1) is 0 Å². The van der Waals surface area contributed by atoms with Crippen molar-refractivity contribution in [2.24, 2.45) is 5.92 Å². The molecule has 2 aliphatic heterocycles. The molecule has 1 amide bonds. The van der Waals surface area contributed by atoms with Gasteiger partial charge in [-0.2, -0.15) is 0 Å². The molecule has 6 heteroatoms. The molecule has 0 atom stereocenters. The van der Waals surface area contributed by atoms with Gasteiger partial charge in [0.1, 0.15) is 5.76 Å². The fourth-order valence-corrected chi connectivity index (χ4v) is 3.96. The van der Waals surface area contributed by atoms with Gasteiger partial charge >= 0.3 is 0 Å². The summed E-state index contributed by atoms with van der Waals surface area (Å²) in [6.45, 7) is 6.20. The third kappa shape index (κ3) is 3.90. The predicted octanol–water partition coefficient (Wildman–Crippen LogP) is 2.24. The van der Waals surface area contributed by atoms with Crippen LogP contribution in [0, 0.1) is 5.92 Å². The summed E-state index contributed by atoms with van der Waals surface area (Å²) < 4.78 is 5.43. The summed E-state index contributed by atoms with van der Waals surface area (Å²) in [7, 11) is 0. The molecule has 26 heavy (non-hydrogen) atoms. The minimum atomic E-state index is 0.176. The van der Waals surface area contributed by atoms with Crippen LogP contribution in [0.25, 0.3) is 0 Å². The molecule has 2 aromatic heterocycles. The van der Waals surface area contributed by atoms with Crippen LogP contribution in [0.15, 0.2) is 47.3 Å². The van der Waals surface area contributed by atoms with E-state index in [9.17, 15) is 4.79 Å². The zero-order valence-corrected chi connectivity index (χ0v) is 15.1. The molecular formula is C20H26N4O2. The Morgan fingerprint density at radius 3 is 2.42 bits per heavy atom. The second kappa shape index (κ2) is 7.91. The highest BCUT2D eigenvalue weighted by molar-refractivity contribution is 5.79. The highest BCUT2D eigenvalue weighted by Gasteiger charge is 2.30. The number of likely N-dealkylation sites (tertiary alicyclic amines) is 1. The summed E-state index contributed by atoms with van der Waals surface area (Å²) >= 11 is 0. The van der Waals surface area contributed by atoms with Crippen molar-refractivity contribution >= 4 is 11.6 Å². The number of carbonyl (C=O) groups excluding carboxylic acids is 1. The molecule has 4 rings (SSSR count). The van der Waals surface area contributed by atoms with E-state index in [0.717, 1.165) is 64.4 Å². The maximum absolute atomic E-state index is 12.9. The Bertz CT molecular complexity index is 688. The van der Waals surface area contributed by atoms with Crippen LogP contribution in [0.3, 0.4) is 0 Å². The van der Waals surface area contributed by atoms with E-state index in [2.05, 4.69) is 19.7 Å². The Balaban J connectivity index is 1.24. The molecule has 4 heterocycles. The number of piperazine rings is 1. The molecule has 0 N–H and O–H groups in total. The van der Waals surface area contributed by atoms with Crippen LogP contribution in [-0.4, -0.2) is 60.0 Å². The van der Waals surface area contributed by atoms with Crippen molar-refractivity contribution in [1.29, 1.82) is 0 Å². The number of rotatable bonds is 4. The minimum Gasteiger partial charge on any atom is -0.468 e. The zero-order valence-electron chi connectivity index (χ0n) is 15.1. The number of piperidine rings is 1. The number of carbonyl (C=O) groups is 1. The van der Waals surface area contributed by atoms with Gasteiger partial charge in [0, 0.05) is 50.2 Å². The first-order chi connectivity index (χ1) is 12.8. The van der Waals surface area contributed by atoms with Crippen molar-refractivity contribution in [3.8, 4) is 0 Å². The van der Waals surface area contributed by atoms with Gasteiger partial charge < -0.3 is 14.2 Å². The average molecular weight is 354 g/mol. The first-order valence-electron chi connectivity index (χ1n) is 9.48. The van der Waals surface area contributed by atoms with Crippen LogP contribution in [-0.2, 0) is 11.3 Å². The van der Waals surface area contributed by atoms with Gasteiger partial charge in [0.2, 0.25) is 5.91 Å². The molecule has 2 aromatic rings. The van der Waals surface area contributed by atoms with Gasteiger partial charge in [0.05, 0.1) is 12.8 Å². The second-order valence-corrected chi connectivity index (χ2v) is 7.15. The number of hydrogen-bond acceptors (Lipinski definition) is 5. The average Bonchev–Trinajstić information content (AvgIpc) is 3.22. The third-order valence-corrected chi connectivity index (χ3v) is 5.52. The zero-order chi connectivity index (χ0) is 17.8. The van der Waals surface area contributed by atoms with Crippen molar-refractivity contribution in [2.45, 2.75) is 19.4 Å². The van der Waals surface area contributed by atoms with Crippen molar-refractivity contribution < 1.29 is 9.21 Å². The van der Waals surface area contributed by atoms with Gasteiger partial charge in [0.25, 0.3) is 0 Å². The van der Waals surface area contributed by atoms with Crippen molar-refractivity contribution in [2.75, 3.05) is 44.2 Å². The number of furan rings is 1. The number of pyridine rings is 1. The molecule has 0 aromatic carbocycles. The fourth-order valence-electron chi connectivity index (χ4n) is 3.96. The summed E-state index contributed by atoms with van der Waals surface area (Å²) in [4.78, 5) is 23.7. The number of hydrogen-bond donors (Lipinski definition) is 0. The SMILES string of the molecule is O=C(C1CCN(Cc2ccco2)CC1)N1CCN(c2ccncc2)CC1. The molecule has 0 aliphatic carbocycles. The Labute approximate surface area is 154 Å². The number of aromatic nitrogens is 1. The van der Waals surface area contributed by atoms with Gasteiger partial charge in [-0.3, -0.25) is 14.7 Å². The molecule has 0 saturated carbocycles.